The lowest BCUT2D eigenvalue weighted by Crippen LogP contribution is -2.07. The monoisotopic (exact) mass is 446 g/mol. The van der Waals surface area contributed by atoms with Crippen molar-refractivity contribution in [2.75, 3.05) is 0 Å². The highest BCUT2D eigenvalue weighted by molar-refractivity contribution is 6.35. The molecule has 4 aromatic rings. The first kappa shape index (κ1) is 21.0. The summed E-state index contributed by atoms with van der Waals surface area (Å²) in [6.45, 7) is 3.25. The molecular formula is C25H20Cl2N4. The molecule has 4 rings (SSSR count). The number of nitriles is 1. The molecule has 1 aromatic heterocycles. The molecule has 0 radical (unpaired) electrons. The van der Waals surface area contributed by atoms with Crippen LogP contribution in [-0.2, 0) is 13.1 Å². The number of rotatable bonds is 6. The first-order valence-electron chi connectivity index (χ1n) is 9.84. The highest BCUT2D eigenvalue weighted by Crippen LogP contribution is 2.26. The fourth-order valence-electron chi connectivity index (χ4n) is 3.63. The van der Waals surface area contributed by atoms with Crippen molar-refractivity contribution >= 4 is 40.3 Å². The van der Waals surface area contributed by atoms with Crippen LogP contribution < -0.4 is 5.43 Å². The number of aromatic nitrogens is 1. The first-order chi connectivity index (χ1) is 15.1. The number of hydrogen-bond acceptors (Lipinski definition) is 3. The van der Waals surface area contributed by atoms with Crippen molar-refractivity contribution in [3.8, 4) is 6.07 Å². The number of hydrazone groups is 1. The van der Waals surface area contributed by atoms with Gasteiger partial charge in [-0.1, -0.05) is 59.6 Å². The fourth-order valence-corrected chi connectivity index (χ4v) is 4.16. The molecule has 0 atom stereocenters. The van der Waals surface area contributed by atoms with E-state index in [0.717, 1.165) is 33.3 Å². The van der Waals surface area contributed by atoms with Gasteiger partial charge in [-0.05, 0) is 42.8 Å². The van der Waals surface area contributed by atoms with E-state index in [0.29, 0.717) is 28.7 Å². The minimum absolute atomic E-state index is 0.442. The third kappa shape index (κ3) is 4.44. The van der Waals surface area contributed by atoms with Crippen LogP contribution in [0.15, 0.2) is 71.8 Å². The Kier molecular flexibility index (Phi) is 6.27. The maximum absolute atomic E-state index is 9.02. The van der Waals surface area contributed by atoms with E-state index in [1.54, 1.807) is 0 Å². The summed E-state index contributed by atoms with van der Waals surface area (Å²) < 4.78 is 2.27. The van der Waals surface area contributed by atoms with Crippen molar-refractivity contribution < 1.29 is 0 Å². The summed E-state index contributed by atoms with van der Waals surface area (Å²) in [7, 11) is 0. The van der Waals surface area contributed by atoms with Crippen LogP contribution in [0.5, 0.6) is 0 Å². The van der Waals surface area contributed by atoms with Crippen LogP contribution in [0.2, 0.25) is 10.0 Å². The van der Waals surface area contributed by atoms with Crippen molar-refractivity contribution in [3.63, 3.8) is 0 Å². The van der Waals surface area contributed by atoms with Gasteiger partial charge in [-0.15, -0.1) is 0 Å². The maximum atomic E-state index is 9.02. The second-order valence-electron chi connectivity index (χ2n) is 7.20. The zero-order chi connectivity index (χ0) is 21.8. The number of para-hydroxylation sites is 1. The summed E-state index contributed by atoms with van der Waals surface area (Å²) in [5.41, 5.74) is 8.99. The normalized spacial score (nSPS) is 11.2. The predicted octanol–water partition coefficient (Wildman–Crippen LogP) is 6.30. The van der Waals surface area contributed by atoms with Crippen LogP contribution >= 0.6 is 23.2 Å². The van der Waals surface area contributed by atoms with Gasteiger partial charge in [0.2, 0.25) is 0 Å². The van der Waals surface area contributed by atoms with Crippen molar-refractivity contribution in [1.29, 1.82) is 5.26 Å². The van der Waals surface area contributed by atoms with Crippen LogP contribution in [0.4, 0.5) is 0 Å². The molecule has 1 N–H and O–H groups in total. The molecule has 0 amide bonds. The lowest BCUT2D eigenvalue weighted by atomic mass is 10.1. The van der Waals surface area contributed by atoms with Gasteiger partial charge in [0.25, 0.3) is 0 Å². The molecule has 0 bridgehead atoms. The van der Waals surface area contributed by atoms with Crippen molar-refractivity contribution in [1.82, 2.24) is 9.99 Å². The van der Waals surface area contributed by atoms with E-state index in [1.165, 1.54) is 0 Å². The Labute approximate surface area is 191 Å². The zero-order valence-electron chi connectivity index (χ0n) is 16.9. The number of fused-ring (bicyclic) bond motifs is 1. The Morgan fingerprint density at radius 1 is 1.00 bits per heavy atom. The smallest absolute Gasteiger partial charge is 0.0991 e. The second kappa shape index (κ2) is 9.26. The lowest BCUT2D eigenvalue weighted by molar-refractivity contribution is 0.748. The summed E-state index contributed by atoms with van der Waals surface area (Å²) in [4.78, 5) is 0. The van der Waals surface area contributed by atoms with E-state index in [4.69, 9.17) is 28.5 Å². The van der Waals surface area contributed by atoms with Gasteiger partial charge in [0, 0.05) is 44.3 Å². The number of nitrogens with zero attached hydrogens (tertiary/aromatic N) is 3. The first-order valence-corrected chi connectivity index (χ1v) is 10.6. The van der Waals surface area contributed by atoms with Crippen LogP contribution in [0.1, 0.15) is 27.9 Å². The highest BCUT2D eigenvalue weighted by Gasteiger charge is 2.13. The molecule has 0 saturated carbocycles. The molecule has 154 valence electrons. The van der Waals surface area contributed by atoms with Crippen LogP contribution in [0.3, 0.4) is 0 Å². The largest absolute Gasteiger partial charge is 0.340 e. The molecule has 0 unspecified atom stereocenters. The number of halogens is 2. The van der Waals surface area contributed by atoms with Crippen molar-refractivity contribution in [3.05, 3.63) is 105 Å². The van der Waals surface area contributed by atoms with E-state index in [9.17, 15) is 0 Å². The minimum atomic E-state index is 0.442. The van der Waals surface area contributed by atoms with Crippen LogP contribution in [0.25, 0.3) is 10.9 Å². The third-order valence-electron chi connectivity index (χ3n) is 5.31. The molecular weight excluding hydrogens is 427 g/mol. The molecule has 0 aliphatic heterocycles. The molecule has 4 nitrogen and oxygen atoms in total. The maximum Gasteiger partial charge on any atom is 0.0991 e. The van der Waals surface area contributed by atoms with Gasteiger partial charge >= 0.3 is 0 Å². The Balaban J connectivity index is 1.60. The SMILES string of the molecule is Cc1c(/C=N\NCc2c(Cl)cccc2Cl)c2ccccc2n1Cc1ccc(C#N)cc1. The van der Waals surface area contributed by atoms with Gasteiger partial charge in [0.1, 0.15) is 0 Å². The average Bonchev–Trinajstić information content (AvgIpc) is 3.04. The summed E-state index contributed by atoms with van der Waals surface area (Å²) >= 11 is 12.5. The quantitative estimate of drug-likeness (QED) is 0.279. The molecule has 0 saturated heterocycles. The van der Waals surface area contributed by atoms with Gasteiger partial charge in [-0.3, -0.25) is 0 Å². The molecule has 31 heavy (non-hydrogen) atoms. The van der Waals surface area contributed by atoms with Gasteiger partial charge in [0.15, 0.2) is 0 Å². The molecule has 1 heterocycles. The Morgan fingerprint density at radius 2 is 1.71 bits per heavy atom. The Hall–Kier alpha value is -3.26. The summed E-state index contributed by atoms with van der Waals surface area (Å²) in [6, 6.07) is 23.6. The number of nitrogens with one attached hydrogen (secondary N) is 1. The van der Waals surface area contributed by atoms with E-state index in [-0.39, 0.29) is 0 Å². The molecule has 0 aliphatic carbocycles. The van der Waals surface area contributed by atoms with Crippen molar-refractivity contribution in [2.45, 2.75) is 20.0 Å². The summed E-state index contributed by atoms with van der Waals surface area (Å²) in [6.07, 6.45) is 1.84. The fraction of sp³-hybridized carbons (Fsp3) is 0.120. The van der Waals surface area contributed by atoms with E-state index in [2.05, 4.69) is 40.2 Å². The minimum Gasteiger partial charge on any atom is -0.340 e. The number of benzene rings is 3. The van der Waals surface area contributed by atoms with Crippen LogP contribution in [-0.4, -0.2) is 10.8 Å². The van der Waals surface area contributed by atoms with E-state index in [1.807, 2.05) is 60.8 Å². The van der Waals surface area contributed by atoms with Gasteiger partial charge in [0.05, 0.1) is 24.4 Å². The molecule has 6 heteroatoms. The Morgan fingerprint density at radius 3 is 2.42 bits per heavy atom. The zero-order valence-corrected chi connectivity index (χ0v) is 18.5. The standard InChI is InChI=1S/C25H20Cl2N4/c1-17-21(14-29-30-15-22-23(26)6-4-7-24(22)27)20-5-2-3-8-25(20)31(17)16-19-11-9-18(13-28)10-12-19/h2-12,14,30H,15-16H2,1H3/b29-14-. The van der Waals surface area contributed by atoms with Crippen molar-refractivity contribution in [2.24, 2.45) is 5.10 Å². The highest BCUT2D eigenvalue weighted by atomic mass is 35.5. The van der Waals surface area contributed by atoms with Gasteiger partial charge in [-0.25, -0.2) is 0 Å². The topological polar surface area (TPSA) is 53.1 Å². The second-order valence-corrected chi connectivity index (χ2v) is 8.02. The lowest BCUT2D eigenvalue weighted by Gasteiger charge is -2.09. The molecule has 0 aliphatic rings. The molecule has 3 aromatic carbocycles. The third-order valence-corrected chi connectivity index (χ3v) is 6.01. The summed E-state index contributed by atoms with van der Waals surface area (Å²) in [5.74, 6) is 0. The van der Waals surface area contributed by atoms with E-state index >= 15 is 0 Å². The average molecular weight is 447 g/mol. The molecule has 0 spiro atoms. The summed E-state index contributed by atoms with van der Waals surface area (Å²) in [5, 5.41) is 15.8. The van der Waals surface area contributed by atoms with Gasteiger partial charge < -0.3 is 9.99 Å². The Bertz CT molecular complexity index is 1280. The predicted molar refractivity (Wildman–Crippen MR) is 128 cm³/mol. The van der Waals surface area contributed by atoms with E-state index < -0.39 is 0 Å². The number of hydrogen-bond donors (Lipinski definition) is 1. The molecule has 0 fully saturated rings. The van der Waals surface area contributed by atoms with Crippen LogP contribution in [0, 0.1) is 18.3 Å². The van der Waals surface area contributed by atoms with Gasteiger partial charge in [-0.2, -0.15) is 10.4 Å².